The van der Waals surface area contributed by atoms with Crippen LogP contribution in [-0.2, 0) is 16.0 Å². The predicted molar refractivity (Wildman–Crippen MR) is 99.3 cm³/mol. The van der Waals surface area contributed by atoms with Crippen molar-refractivity contribution in [2.45, 2.75) is 20.3 Å². The second-order valence-electron chi connectivity index (χ2n) is 5.44. The van der Waals surface area contributed by atoms with Crippen LogP contribution in [0.2, 0.25) is 0 Å². The van der Waals surface area contributed by atoms with Crippen LogP contribution in [0.4, 0.5) is 16.2 Å². The van der Waals surface area contributed by atoms with Gasteiger partial charge in [-0.05, 0) is 32.0 Å². The highest BCUT2D eigenvalue weighted by molar-refractivity contribution is 7.11. The normalized spacial score (nSPS) is 10.4. The molecule has 0 saturated heterocycles. The van der Waals surface area contributed by atoms with Gasteiger partial charge >= 0.3 is 6.03 Å². The zero-order valence-electron chi connectivity index (χ0n) is 14.5. The largest absolute Gasteiger partial charge is 0.375 e. The molecule has 2 rings (SSSR count). The summed E-state index contributed by atoms with van der Waals surface area (Å²) in [6.45, 7) is 4.50. The predicted octanol–water partition coefficient (Wildman–Crippen LogP) is 2.71. The molecule has 0 unspecified atom stereocenters. The average Bonchev–Trinajstić information content (AvgIpc) is 2.86. The monoisotopic (exact) mass is 362 g/mol. The van der Waals surface area contributed by atoms with E-state index in [0.717, 1.165) is 10.7 Å². The molecule has 3 amide bonds. The van der Waals surface area contributed by atoms with Gasteiger partial charge in [-0.25, -0.2) is 9.78 Å². The molecule has 134 valence electrons. The molecule has 0 radical (unpaired) electrons. The molecule has 25 heavy (non-hydrogen) atoms. The number of urea groups is 1. The third-order valence-electron chi connectivity index (χ3n) is 3.38. The molecule has 0 aliphatic rings. The minimum atomic E-state index is -0.301. The fraction of sp³-hybridized carbons (Fsp3) is 0.353. The highest BCUT2D eigenvalue weighted by Gasteiger charge is 2.06. The number of nitrogens with one attached hydrogen (secondary N) is 3. The fourth-order valence-corrected chi connectivity index (χ4v) is 3.04. The molecule has 1 aromatic heterocycles. The number of aryl methyl sites for hydroxylation is 2. The molecule has 1 heterocycles. The van der Waals surface area contributed by atoms with Crippen LogP contribution in [0, 0.1) is 13.8 Å². The third-order valence-corrected chi connectivity index (χ3v) is 4.51. The summed E-state index contributed by atoms with van der Waals surface area (Å²) < 4.78 is 4.76. The van der Waals surface area contributed by atoms with E-state index in [1.807, 2.05) is 13.8 Å². The lowest BCUT2D eigenvalue weighted by molar-refractivity contribution is -0.119. The average molecular weight is 362 g/mol. The quantitative estimate of drug-likeness (QED) is 0.706. The summed E-state index contributed by atoms with van der Waals surface area (Å²) in [5, 5.41) is 9.24. The lowest BCUT2D eigenvalue weighted by Gasteiger charge is -2.09. The van der Waals surface area contributed by atoms with Gasteiger partial charge in [0.1, 0.15) is 6.61 Å². The maximum absolute atomic E-state index is 12.0. The van der Waals surface area contributed by atoms with Gasteiger partial charge in [0, 0.05) is 36.3 Å². The van der Waals surface area contributed by atoms with Crippen molar-refractivity contribution < 1.29 is 14.3 Å². The molecule has 0 spiro atoms. The maximum atomic E-state index is 12.0. The molecule has 0 bridgehead atoms. The number of rotatable bonds is 7. The van der Waals surface area contributed by atoms with Gasteiger partial charge in [-0.3, -0.25) is 4.79 Å². The number of carbonyl (C=O) groups excluding carboxylic acids is 2. The summed E-state index contributed by atoms with van der Waals surface area (Å²) in [5.41, 5.74) is 2.22. The molecule has 3 N–H and O–H groups in total. The van der Waals surface area contributed by atoms with Crippen LogP contribution in [-0.4, -0.2) is 37.2 Å². The molecule has 2 aromatic rings. The number of hydrogen-bond acceptors (Lipinski definition) is 5. The van der Waals surface area contributed by atoms with Crippen LogP contribution in [0.3, 0.4) is 0 Å². The summed E-state index contributed by atoms with van der Waals surface area (Å²) in [7, 11) is 1.45. The van der Waals surface area contributed by atoms with E-state index in [0.29, 0.717) is 24.3 Å². The summed E-state index contributed by atoms with van der Waals surface area (Å²) in [5.74, 6) is -0.252. The van der Waals surface area contributed by atoms with E-state index >= 15 is 0 Å². The second kappa shape index (κ2) is 9.14. The molecule has 8 heteroatoms. The maximum Gasteiger partial charge on any atom is 0.319 e. The smallest absolute Gasteiger partial charge is 0.319 e. The number of anilines is 2. The SMILES string of the molecule is COCC(=O)Nc1cccc(NC(=O)NCCc2nc(C)c(C)s2)c1. The Morgan fingerprint density at radius 1 is 1.20 bits per heavy atom. The van der Waals surface area contributed by atoms with Crippen molar-refractivity contribution >= 4 is 34.6 Å². The van der Waals surface area contributed by atoms with Crippen molar-refractivity contribution in [2.75, 3.05) is 30.9 Å². The molecule has 0 saturated carbocycles. The van der Waals surface area contributed by atoms with Gasteiger partial charge in [0.2, 0.25) is 5.91 Å². The lowest BCUT2D eigenvalue weighted by Crippen LogP contribution is -2.30. The van der Waals surface area contributed by atoms with E-state index < -0.39 is 0 Å². The Kier molecular flexibility index (Phi) is 6.91. The van der Waals surface area contributed by atoms with Gasteiger partial charge in [0.25, 0.3) is 0 Å². The molecule has 7 nitrogen and oxygen atoms in total. The highest BCUT2D eigenvalue weighted by Crippen LogP contribution is 2.17. The Morgan fingerprint density at radius 2 is 1.92 bits per heavy atom. The first-order valence-corrected chi connectivity index (χ1v) is 8.66. The minimum absolute atomic E-state index is 0.0200. The molecule has 0 aliphatic carbocycles. The van der Waals surface area contributed by atoms with E-state index in [-0.39, 0.29) is 18.5 Å². The number of carbonyl (C=O) groups is 2. The van der Waals surface area contributed by atoms with Gasteiger partial charge in [0.15, 0.2) is 0 Å². The standard InChI is InChI=1S/C17H22N4O3S/c1-11-12(2)25-16(19-11)7-8-18-17(23)21-14-6-4-5-13(9-14)20-15(22)10-24-3/h4-6,9H,7-8,10H2,1-3H3,(H,20,22)(H2,18,21,23). The van der Waals surface area contributed by atoms with Crippen molar-refractivity contribution in [1.82, 2.24) is 10.3 Å². The van der Waals surface area contributed by atoms with Crippen LogP contribution < -0.4 is 16.0 Å². The zero-order chi connectivity index (χ0) is 18.2. The molecule has 0 atom stereocenters. The third kappa shape index (κ3) is 6.17. The van der Waals surface area contributed by atoms with Crippen molar-refractivity contribution in [1.29, 1.82) is 0 Å². The van der Waals surface area contributed by atoms with E-state index in [4.69, 9.17) is 4.74 Å². The molecular weight excluding hydrogens is 340 g/mol. The van der Waals surface area contributed by atoms with E-state index in [1.54, 1.807) is 35.6 Å². The Bertz CT molecular complexity index is 726. The molecular formula is C17H22N4O3S. The number of nitrogens with zero attached hydrogens (tertiary/aromatic N) is 1. The van der Waals surface area contributed by atoms with Crippen molar-refractivity contribution in [2.24, 2.45) is 0 Å². The van der Waals surface area contributed by atoms with Crippen LogP contribution in [0.5, 0.6) is 0 Å². The summed E-state index contributed by atoms with van der Waals surface area (Å²) in [4.78, 5) is 29.1. The minimum Gasteiger partial charge on any atom is -0.375 e. The fourth-order valence-electron chi connectivity index (χ4n) is 2.11. The first kappa shape index (κ1) is 18.9. The van der Waals surface area contributed by atoms with E-state index in [1.165, 1.54) is 12.0 Å². The topological polar surface area (TPSA) is 92.4 Å². The van der Waals surface area contributed by atoms with E-state index in [2.05, 4.69) is 20.9 Å². The Hall–Kier alpha value is -2.45. The zero-order valence-corrected chi connectivity index (χ0v) is 15.3. The van der Waals surface area contributed by atoms with E-state index in [9.17, 15) is 9.59 Å². The van der Waals surface area contributed by atoms with Crippen molar-refractivity contribution in [3.63, 3.8) is 0 Å². The molecule has 1 aromatic carbocycles. The number of hydrogen-bond donors (Lipinski definition) is 3. The first-order valence-electron chi connectivity index (χ1n) is 7.84. The van der Waals surface area contributed by atoms with Gasteiger partial charge < -0.3 is 20.7 Å². The Morgan fingerprint density at radius 3 is 2.56 bits per heavy atom. The number of methoxy groups -OCH3 is 1. The van der Waals surface area contributed by atoms with Crippen LogP contribution in [0.25, 0.3) is 0 Å². The number of thiazole rings is 1. The number of ether oxygens (including phenoxy) is 1. The van der Waals surface area contributed by atoms with Crippen molar-refractivity contribution in [3.05, 3.63) is 39.8 Å². The Labute approximate surface area is 150 Å². The summed E-state index contributed by atoms with van der Waals surface area (Å²) in [6, 6.07) is 6.62. The van der Waals surface area contributed by atoms with Gasteiger partial charge in [-0.1, -0.05) is 6.07 Å². The summed E-state index contributed by atoms with van der Waals surface area (Å²) >= 11 is 1.65. The first-order chi connectivity index (χ1) is 12.0. The van der Waals surface area contributed by atoms with Crippen LogP contribution in [0.15, 0.2) is 24.3 Å². The van der Waals surface area contributed by atoms with Crippen LogP contribution >= 0.6 is 11.3 Å². The second-order valence-corrected chi connectivity index (χ2v) is 6.73. The number of aromatic nitrogens is 1. The molecule has 0 aliphatic heterocycles. The Balaban J connectivity index is 1.80. The summed E-state index contributed by atoms with van der Waals surface area (Å²) in [6.07, 6.45) is 0.694. The van der Waals surface area contributed by atoms with Crippen LogP contribution in [0.1, 0.15) is 15.6 Å². The van der Waals surface area contributed by atoms with Crippen molar-refractivity contribution in [3.8, 4) is 0 Å². The van der Waals surface area contributed by atoms with Gasteiger partial charge in [-0.15, -0.1) is 11.3 Å². The number of amides is 3. The molecule has 0 fully saturated rings. The lowest BCUT2D eigenvalue weighted by atomic mass is 10.2. The van der Waals surface area contributed by atoms with Gasteiger partial charge in [-0.2, -0.15) is 0 Å². The highest BCUT2D eigenvalue weighted by atomic mass is 32.1. The number of benzene rings is 1. The van der Waals surface area contributed by atoms with Gasteiger partial charge in [0.05, 0.1) is 10.7 Å².